The van der Waals surface area contributed by atoms with Crippen LogP contribution in [0.25, 0.3) is 0 Å². The Hall–Kier alpha value is -0.960. The van der Waals surface area contributed by atoms with Crippen molar-refractivity contribution in [3.63, 3.8) is 0 Å². The number of rotatable bonds is 2. The van der Waals surface area contributed by atoms with E-state index in [4.69, 9.17) is 0 Å². The van der Waals surface area contributed by atoms with E-state index < -0.39 is 0 Å². The lowest BCUT2D eigenvalue weighted by atomic mass is 10.00. The maximum absolute atomic E-state index is 3.24. The maximum atomic E-state index is 3.24. The molecule has 0 saturated carbocycles. The summed E-state index contributed by atoms with van der Waals surface area (Å²) in [6.07, 6.45) is 10.2. The molecule has 1 rings (SSSR count). The van der Waals surface area contributed by atoms with E-state index in [-0.39, 0.29) is 0 Å². The van der Waals surface area contributed by atoms with Crippen LogP contribution in [-0.2, 0) is 0 Å². The van der Waals surface area contributed by atoms with Crippen molar-refractivity contribution in [1.82, 2.24) is 0 Å². The third-order valence-corrected chi connectivity index (χ3v) is 2.26. The van der Waals surface area contributed by atoms with E-state index in [1.54, 1.807) is 0 Å². The number of hydrogen-bond acceptors (Lipinski definition) is 0. The highest BCUT2D eigenvalue weighted by molar-refractivity contribution is 5.36. The molecule has 0 bridgehead atoms. The van der Waals surface area contributed by atoms with Crippen molar-refractivity contribution in [2.24, 2.45) is 0 Å². The lowest BCUT2D eigenvalue weighted by Gasteiger charge is -2.05. The molecule has 0 saturated heterocycles. The van der Waals surface area contributed by atoms with E-state index in [2.05, 4.69) is 37.8 Å². The second-order valence-electron chi connectivity index (χ2n) is 3.61. The largest absolute Gasteiger partial charge is 0.0982 e. The molecular formula is C15H24. The van der Waals surface area contributed by atoms with Gasteiger partial charge in [0.25, 0.3) is 0 Å². The van der Waals surface area contributed by atoms with Crippen LogP contribution in [0.2, 0.25) is 0 Å². The first kappa shape index (κ1) is 14.0. The van der Waals surface area contributed by atoms with Gasteiger partial charge in [0, 0.05) is 12.0 Å². The van der Waals surface area contributed by atoms with Crippen LogP contribution < -0.4 is 0 Å². The average Bonchev–Trinajstić information content (AvgIpc) is 2.30. The lowest BCUT2D eigenvalue weighted by molar-refractivity contribution is 0.827. The van der Waals surface area contributed by atoms with Gasteiger partial charge in [-0.15, -0.1) is 0 Å². The minimum absolute atomic E-state index is 1.05. The van der Waals surface area contributed by atoms with E-state index in [0.717, 1.165) is 12.8 Å². The van der Waals surface area contributed by atoms with Gasteiger partial charge in [-0.25, -0.2) is 0 Å². The van der Waals surface area contributed by atoms with Gasteiger partial charge in [-0.2, -0.15) is 0 Å². The van der Waals surface area contributed by atoms with Crippen LogP contribution in [0.5, 0.6) is 0 Å². The molecule has 0 N–H and O–H groups in total. The summed E-state index contributed by atoms with van der Waals surface area (Å²) in [5.74, 6) is 6.47. The molecule has 0 heteroatoms. The van der Waals surface area contributed by atoms with E-state index in [1.807, 2.05) is 13.8 Å². The van der Waals surface area contributed by atoms with Crippen molar-refractivity contribution in [1.29, 1.82) is 0 Å². The number of unbranched alkanes of at least 4 members (excludes halogenated alkanes) is 2. The summed E-state index contributed by atoms with van der Waals surface area (Å²) in [6.45, 7) is 8.38. The van der Waals surface area contributed by atoms with Gasteiger partial charge in [0.05, 0.1) is 0 Å². The summed E-state index contributed by atoms with van der Waals surface area (Å²) >= 11 is 0. The summed E-state index contributed by atoms with van der Waals surface area (Å²) in [4.78, 5) is 0. The van der Waals surface area contributed by atoms with Crippen LogP contribution in [0.4, 0.5) is 0 Å². The van der Waals surface area contributed by atoms with Crippen LogP contribution in [0.15, 0.2) is 23.3 Å². The third kappa shape index (κ3) is 7.03. The van der Waals surface area contributed by atoms with Gasteiger partial charge >= 0.3 is 0 Å². The van der Waals surface area contributed by atoms with Crippen molar-refractivity contribution < 1.29 is 0 Å². The lowest BCUT2D eigenvalue weighted by Crippen LogP contribution is -1.88. The summed E-state index contributed by atoms with van der Waals surface area (Å²) in [6, 6.07) is 0. The second kappa shape index (κ2) is 9.59. The van der Waals surface area contributed by atoms with Crippen LogP contribution in [0, 0.1) is 11.8 Å². The van der Waals surface area contributed by atoms with Gasteiger partial charge in [0.15, 0.2) is 0 Å². The highest BCUT2D eigenvalue weighted by atomic mass is 14.0. The smallest absolute Gasteiger partial charge is 0.00922 e. The molecule has 0 aliphatic heterocycles. The Bertz CT molecular complexity index is 268. The fraction of sp³-hybridized carbons (Fsp3) is 0.600. The minimum Gasteiger partial charge on any atom is -0.0982 e. The molecule has 1 aliphatic carbocycles. The monoisotopic (exact) mass is 204 g/mol. The van der Waals surface area contributed by atoms with Crippen molar-refractivity contribution in [2.75, 3.05) is 0 Å². The van der Waals surface area contributed by atoms with E-state index in [1.165, 1.54) is 30.4 Å². The molecule has 0 aromatic carbocycles. The Kier molecular flexibility index (Phi) is 8.98. The Morgan fingerprint density at radius 2 is 1.93 bits per heavy atom. The molecule has 0 radical (unpaired) electrons. The van der Waals surface area contributed by atoms with Crippen molar-refractivity contribution >= 4 is 0 Å². The van der Waals surface area contributed by atoms with Crippen molar-refractivity contribution in [3.05, 3.63) is 23.3 Å². The normalized spacial score (nSPS) is 13.9. The molecule has 1 aliphatic rings. The van der Waals surface area contributed by atoms with E-state index in [0.29, 0.717) is 0 Å². The predicted octanol–water partition coefficient (Wildman–Crippen LogP) is 4.87. The molecule has 0 atom stereocenters. The summed E-state index contributed by atoms with van der Waals surface area (Å²) in [5.41, 5.74) is 2.78. The van der Waals surface area contributed by atoms with Gasteiger partial charge < -0.3 is 0 Å². The Labute approximate surface area is 95.5 Å². The quantitative estimate of drug-likeness (QED) is 0.444. The second-order valence-corrected chi connectivity index (χ2v) is 3.61. The molecule has 0 nitrogen and oxygen atoms in total. The maximum Gasteiger partial charge on any atom is 0.00922 e. The first-order chi connectivity index (χ1) is 7.33. The van der Waals surface area contributed by atoms with Gasteiger partial charge in [-0.3, -0.25) is 0 Å². The van der Waals surface area contributed by atoms with Crippen LogP contribution in [-0.4, -0.2) is 0 Å². The first-order valence-corrected chi connectivity index (χ1v) is 6.18. The SMILES string of the molecule is CC.CCCCC#CC1=CC=C(C)CC1. The Morgan fingerprint density at radius 1 is 1.20 bits per heavy atom. The zero-order valence-corrected chi connectivity index (χ0v) is 10.7. The molecule has 0 aromatic heterocycles. The summed E-state index contributed by atoms with van der Waals surface area (Å²) in [7, 11) is 0. The molecule has 0 aromatic rings. The molecule has 0 heterocycles. The zero-order chi connectivity index (χ0) is 11.5. The fourth-order valence-corrected chi connectivity index (χ4v) is 1.29. The van der Waals surface area contributed by atoms with Gasteiger partial charge in [0.2, 0.25) is 0 Å². The highest BCUT2D eigenvalue weighted by Gasteiger charge is 1.99. The Morgan fingerprint density at radius 3 is 2.47 bits per heavy atom. The summed E-state index contributed by atoms with van der Waals surface area (Å²) < 4.78 is 0. The standard InChI is InChI=1S/C13H18.C2H6/c1-3-4-5-6-7-13-10-8-12(2)9-11-13;1-2/h8,10H,3-5,9,11H2,1-2H3;1-2H3. The molecule has 84 valence electrons. The fourth-order valence-electron chi connectivity index (χ4n) is 1.29. The zero-order valence-electron chi connectivity index (χ0n) is 10.7. The van der Waals surface area contributed by atoms with Crippen LogP contribution >= 0.6 is 0 Å². The van der Waals surface area contributed by atoms with E-state index in [9.17, 15) is 0 Å². The first-order valence-electron chi connectivity index (χ1n) is 6.18. The van der Waals surface area contributed by atoms with Crippen molar-refractivity contribution in [2.45, 2.75) is 59.8 Å². The van der Waals surface area contributed by atoms with Crippen LogP contribution in [0.3, 0.4) is 0 Å². The third-order valence-electron chi connectivity index (χ3n) is 2.26. The molecule has 0 unspecified atom stereocenters. The molecule has 15 heavy (non-hydrogen) atoms. The van der Waals surface area contributed by atoms with Gasteiger partial charge in [0.1, 0.15) is 0 Å². The average molecular weight is 204 g/mol. The minimum atomic E-state index is 1.05. The van der Waals surface area contributed by atoms with Gasteiger partial charge in [-0.05, 0) is 26.2 Å². The molecule has 0 fully saturated rings. The highest BCUT2D eigenvalue weighted by Crippen LogP contribution is 2.16. The predicted molar refractivity (Wildman–Crippen MR) is 69.7 cm³/mol. The Balaban J connectivity index is 0.000000921. The van der Waals surface area contributed by atoms with E-state index >= 15 is 0 Å². The molecule has 0 spiro atoms. The molecular weight excluding hydrogens is 180 g/mol. The number of hydrogen-bond donors (Lipinski definition) is 0. The number of allylic oxidation sites excluding steroid dienone is 4. The van der Waals surface area contributed by atoms with Gasteiger partial charge in [-0.1, -0.05) is 56.8 Å². The molecule has 0 amide bonds. The van der Waals surface area contributed by atoms with Crippen molar-refractivity contribution in [3.8, 4) is 11.8 Å². The van der Waals surface area contributed by atoms with Crippen LogP contribution in [0.1, 0.15) is 59.8 Å². The summed E-state index contributed by atoms with van der Waals surface area (Å²) in [5, 5.41) is 0. The topological polar surface area (TPSA) is 0 Å².